The number of carbonyl (C=O) groups is 2. The minimum atomic E-state index is -0.791. The van der Waals surface area contributed by atoms with Gasteiger partial charge >= 0.3 is 12.0 Å². The van der Waals surface area contributed by atoms with Crippen LogP contribution in [0.3, 0.4) is 0 Å². The fraction of sp³-hybridized carbons (Fsp3) is 0.458. The molecule has 1 aromatic carbocycles. The minimum absolute atomic E-state index is 0.0464. The second-order valence-corrected chi connectivity index (χ2v) is 8.51. The number of nitrogens with one attached hydrogen (secondary N) is 1. The molecule has 1 atom stereocenters. The summed E-state index contributed by atoms with van der Waals surface area (Å²) < 4.78 is 0. The number of anilines is 1. The Bertz CT molecular complexity index is 897. The first-order chi connectivity index (χ1) is 15.1. The Morgan fingerprint density at radius 3 is 2.48 bits per heavy atom. The molecule has 0 spiro atoms. The largest absolute Gasteiger partial charge is 0.481 e. The number of hydrogen-bond donors (Lipinski definition) is 2. The number of aromatic nitrogens is 1. The third-order valence-electron chi connectivity index (χ3n) is 6.42. The summed E-state index contributed by atoms with van der Waals surface area (Å²) in [7, 11) is 0. The lowest BCUT2D eigenvalue weighted by atomic mass is 9.90. The van der Waals surface area contributed by atoms with Crippen LogP contribution in [0.15, 0.2) is 48.7 Å². The second-order valence-electron chi connectivity index (χ2n) is 8.51. The molecule has 7 heteroatoms. The third kappa shape index (κ3) is 5.34. The van der Waals surface area contributed by atoms with Gasteiger partial charge in [-0.3, -0.25) is 4.79 Å². The summed E-state index contributed by atoms with van der Waals surface area (Å²) in [6.45, 7) is 3.51. The molecule has 0 bridgehead atoms. The van der Waals surface area contributed by atoms with Crippen LogP contribution in [-0.4, -0.2) is 58.1 Å². The van der Waals surface area contributed by atoms with Crippen molar-refractivity contribution in [2.24, 2.45) is 5.92 Å². The second kappa shape index (κ2) is 9.81. The van der Waals surface area contributed by atoms with E-state index in [2.05, 4.69) is 10.3 Å². The Kier molecular flexibility index (Phi) is 6.70. The number of rotatable bonds is 5. The zero-order valence-electron chi connectivity index (χ0n) is 17.7. The highest BCUT2D eigenvalue weighted by molar-refractivity contribution is 5.75. The van der Waals surface area contributed by atoms with Crippen molar-refractivity contribution in [3.05, 3.63) is 59.8 Å². The number of benzene rings is 1. The van der Waals surface area contributed by atoms with Gasteiger partial charge in [0.1, 0.15) is 5.82 Å². The minimum Gasteiger partial charge on any atom is -0.481 e. The van der Waals surface area contributed by atoms with Crippen molar-refractivity contribution in [1.29, 1.82) is 0 Å². The molecule has 3 heterocycles. The Hall–Kier alpha value is -3.09. The number of carboxylic acid groups (broad SMARTS) is 1. The number of piperidine rings is 1. The zero-order valence-corrected chi connectivity index (χ0v) is 17.7. The number of nitrogens with zero attached hydrogens (tertiary/aromatic N) is 3. The molecule has 1 saturated heterocycles. The van der Waals surface area contributed by atoms with E-state index in [0.29, 0.717) is 25.4 Å². The number of pyridine rings is 1. The predicted molar refractivity (Wildman–Crippen MR) is 119 cm³/mol. The first kappa shape index (κ1) is 21.2. The van der Waals surface area contributed by atoms with Crippen LogP contribution in [0, 0.1) is 5.92 Å². The Balaban J connectivity index is 1.33. The summed E-state index contributed by atoms with van der Waals surface area (Å²) in [6, 6.07) is 13.9. The molecule has 2 N–H and O–H groups in total. The van der Waals surface area contributed by atoms with E-state index in [4.69, 9.17) is 0 Å². The maximum absolute atomic E-state index is 13.2. The van der Waals surface area contributed by atoms with Gasteiger partial charge in [-0.1, -0.05) is 30.3 Å². The monoisotopic (exact) mass is 422 g/mol. The van der Waals surface area contributed by atoms with E-state index in [1.807, 2.05) is 52.3 Å². The van der Waals surface area contributed by atoms with Gasteiger partial charge in [0.15, 0.2) is 0 Å². The molecular formula is C24H30N4O3. The first-order valence-corrected chi connectivity index (χ1v) is 11.1. The summed E-state index contributed by atoms with van der Waals surface area (Å²) in [5.74, 6) is 0.576. The molecule has 7 nitrogen and oxygen atoms in total. The zero-order chi connectivity index (χ0) is 21.6. The van der Waals surface area contributed by atoms with E-state index in [0.717, 1.165) is 49.4 Å². The van der Waals surface area contributed by atoms with Gasteiger partial charge in [0.2, 0.25) is 0 Å². The van der Waals surface area contributed by atoms with Crippen molar-refractivity contribution in [1.82, 2.24) is 14.8 Å². The smallest absolute Gasteiger partial charge is 0.320 e. The van der Waals surface area contributed by atoms with Gasteiger partial charge in [0.05, 0.1) is 6.42 Å². The van der Waals surface area contributed by atoms with Gasteiger partial charge < -0.3 is 20.2 Å². The van der Waals surface area contributed by atoms with Gasteiger partial charge in [0, 0.05) is 38.9 Å². The molecule has 164 valence electrons. The Morgan fingerprint density at radius 2 is 1.74 bits per heavy atom. The SMILES string of the molecule is O=C(O)CC1CCN(C(=O)N2CCC(CNc3ccccn3)CC2)Cc2ccccc21. The van der Waals surface area contributed by atoms with Crippen LogP contribution in [0.1, 0.15) is 42.7 Å². The fourth-order valence-corrected chi connectivity index (χ4v) is 4.66. The average Bonchev–Trinajstić information content (AvgIpc) is 2.98. The number of carboxylic acids is 1. The summed E-state index contributed by atoms with van der Waals surface area (Å²) in [5.41, 5.74) is 2.13. The van der Waals surface area contributed by atoms with Crippen LogP contribution in [0.5, 0.6) is 0 Å². The molecule has 1 fully saturated rings. The van der Waals surface area contributed by atoms with Crippen molar-refractivity contribution in [3.8, 4) is 0 Å². The van der Waals surface area contributed by atoms with E-state index in [1.165, 1.54) is 0 Å². The molecule has 2 aromatic rings. The summed E-state index contributed by atoms with van der Waals surface area (Å²) in [6.07, 6.45) is 4.51. The lowest BCUT2D eigenvalue weighted by Crippen LogP contribution is -2.47. The van der Waals surface area contributed by atoms with Crippen LogP contribution in [0.25, 0.3) is 0 Å². The number of aliphatic carboxylic acids is 1. The molecular weight excluding hydrogens is 392 g/mol. The van der Waals surface area contributed by atoms with Gasteiger partial charge in [-0.2, -0.15) is 0 Å². The lowest BCUT2D eigenvalue weighted by Gasteiger charge is -2.35. The van der Waals surface area contributed by atoms with Crippen molar-refractivity contribution in [3.63, 3.8) is 0 Å². The van der Waals surface area contributed by atoms with E-state index >= 15 is 0 Å². The van der Waals surface area contributed by atoms with Gasteiger partial charge in [-0.15, -0.1) is 0 Å². The van der Waals surface area contributed by atoms with Crippen LogP contribution in [0.2, 0.25) is 0 Å². The molecule has 4 rings (SSSR count). The number of likely N-dealkylation sites (tertiary alicyclic amines) is 1. The molecule has 1 aromatic heterocycles. The highest BCUT2D eigenvalue weighted by Gasteiger charge is 2.30. The van der Waals surface area contributed by atoms with Gasteiger partial charge in [0.25, 0.3) is 0 Å². The molecule has 0 saturated carbocycles. The highest BCUT2D eigenvalue weighted by Crippen LogP contribution is 2.32. The lowest BCUT2D eigenvalue weighted by molar-refractivity contribution is -0.137. The van der Waals surface area contributed by atoms with E-state index < -0.39 is 5.97 Å². The molecule has 2 aliphatic heterocycles. The van der Waals surface area contributed by atoms with Crippen LogP contribution < -0.4 is 5.32 Å². The van der Waals surface area contributed by atoms with Crippen molar-refractivity contribution >= 4 is 17.8 Å². The number of hydrogen-bond acceptors (Lipinski definition) is 4. The van der Waals surface area contributed by atoms with E-state index in [9.17, 15) is 14.7 Å². The number of carbonyl (C=O) groups excluding carboxylic acids is 1. The molecule has 2 amide bonds. The highest BCUT2D eigenvalue weighted by atomic mass is 16.4. The molecule has 0 aliphatic carbocycles. The number of urea groups is 1. The molecule has 1 unspecified atom stereocenters. The van der Waals surface area contributed by atoms with Crippen molar-refractivity contribution in [2.75, 3.05) is 31.5 Å². The molecule has 2 aliphatic rings. The maximum atomic E-state index is 13.2. The van der Waals surface area contributed by atoms with E-state index in [-0.39, 0.29) is 18.4 Å². The van der Waals surface area contributed by atoms with Crippen LogP contribution >= 0.6 is 0 Å². The Labute approximate surface area is 183 Å². The first-order valence-electron chi connectivity index (χ1n) is 11.1. The van der Waals surface area contributed by atoms with Crippen molar-refractivity contribution in [2.45, 2.75) is 38.1 Å². The van der Waals surface area contributed by atoms with Crippen LogP contribution in [-0.2, 0) is 11.3 Å². The average molecular weight is 423 g/mol. The maximum Gasteiger partial charge on any atom is 0.320 e. The Morgan fingerprint density at radius 1 is 1.00 bits per heavy atom. The van der Waals surface area contributed by atoms with Crippen LogP contribution in [0.4, 0.5) is 10.6 Å². The molecule has 31 heavy (non-hydrogen) atoms. The summed E-state index contributed by atoms with van der Waals surface area (Å²) in [5, 5.41) is 12.7. The molecule has 0 radical (unpaired) electrons. The number of amides is 2. The predicted octanol–water partition coefficient (Wildman–Crippen LogP) is 3.79. The summed E-state index contributed by atoms with van der Waals surface area (Å²) in [4.78, 5) is 32.7. The van der Waals surface area contributed by atoms with Crippen molar-refractivity contribution < 1.29 is 14.7 Å². The standard InChI is InChI=1S/C24H30N4O3/c29-23(30)15-19-10-14-28(17-20-5-1-2-6-21(19)20)24(31)27-12-8-18(9-13-27)16-26-22-7-3-4-11-25-22/h1-7,11,18-19H,8-10,12-17H2,(H,25,26)(H,29,30). The third-order valence-corrected chi connectivity index (χ3v) is 6.42. The topological polar surface area (TPSA) is 85.8 Å². The quantitative estimate of drug-likeness (QED) is 0.766. The summed E-state index contributed by atoms with van der Waals surface area (Å²) >= 11 is 0. The fourth-order valence-electron chi connectivity index (χ4n) is 4.66. The van der Waals surface area contributed by atoms with Gasteiger partial charge in [-0.25, -0.2) is 9.78 Å². The van der Waals surface area contributed by atoms with E-state index in [1.54, 1.807) is 6.20 Å². The normalized spacial score (nSPS) is 19.4. The van der Waals surface area contributed by atoms with Gasteiger partial charge in [-0.05, 0) is 54.4 Å². The number of fused-ring (bicyclic) bond motifs is 1.